The lowest BCUT2D eigenvalue weighted by atomic mass is 10.5. The van der Waals surface area contributed by atoms with Crippen molar-refractivity contribution in [3.05, 3.63) is 12.0 Å². The van der Waals surface area contributed by atoms with Crippen LogP contribution in [0.25, 0.3) is 0 Å². The summed E-state index contributed by atoms with van der Waals surface area (Å²) in [5.41, 5.74) is 6.03. The normalized spacial score (nSPS) is 10.0. The smallest absolute Gasteiger partial charge is 0.393 e. The first-order valence-corrected chi connectivity index (χ1v) is 3.64. The zero-order valence-electron chi connectivity index (χ0n) is 6.54. The fourth-order valence-electron chi connectivity index (χ4n) is 0.638. The second-order valence-corrected chi connectivity index (χ2v) is 2.16. The van der Waals surface area contributed by atoms with Crippen molar-refractivity contribution in [2.24, 2.45) is 5.73 Å². The third-order valence-corrected chi connectivity index (χ3v) is 1.17. The van der Waals surface area contributed by atoms with Crippen LogP contribution < -0.4 is 10.5 Å². The Kier molecular flexibility index (Phi) is 2.92. The summed E-state index contributed by atoms with van der Waals surface area (Å²) in [4.78, 5) is 3.95. The monoisotopic (exact) mass is 156 g/mol. The molecule has 0 radical (unpaired) electrons. The van der Waals surface area contributed by atoms with E-state index in [1.807, 2.05) is 6.92 Å². The van der Waals surface area contributed by atoms with Gasteiger partial charge in [-0.25, -0.2) is 0 Å². The van der Waals surface area contributed by atoms with Crippen LogP contribution in [0.3, 0.4) is 0 Å². The van der Waals surface area contributed by atoms with Gasteiger partial charge in [0.2, 0.25) is 0 Å². The number of ether oxygens (including phenoxy) is 1. The molecule has 11 heavy (non-hydrogen) atoms. The molecule has 0 fully saturated rings. The molecule has 4 nitrogen and oxygen atoms in total. The Morgan fingerprint density at radius 2 is 2.55 bits per heavy atom. The lowest BCUT2D eigenvalue weighted by Gasteiger charge is -1.94. The Bertz CT molecular complexity index is 210. The zero-order chi connectivity index (χ0) is 8.10. The second kappa shape index (κ2) is 3.98. The molecule has 1 heterocycles. The van der Waals surface area contributed by atoms with Gasteiger partial charge in [0.15, 0.2) is 0 Å². The van der Waals surface area contributed by atoms with Crippen LogP contribution in [0, 0.1) is 0 Å². The Labute approximate surface area is 65.4 Å². The first-order chi connectivity index (χ1) is 5.36. The summed E-state index contributed by atoms with van der Waals surface area (Å²) in [5.74, 6) is 0. The highest BCUT2D eigenvalue weighted by Crippen LogP contribution is 2.09. The van der Waals surface area contributed by atoms with E-state index in [-0.39, 0.29) is 0 Å². The predicted molar refractivity (Wildman–Crippen MR) is 40.2 cm³/mol. The zero-order valence-corrected chi connectivity index (χ0v) is 6.54. The Morgan fingerprint density at radius 3 is 3.09 bits per heavy atom. The molecule has 0 aromatic carbocycles. The summed E-state index contributed by atoms with van der Waals surface area (Å²) in [6.45, 7) is 3.04. The van der Waals surface area contributed by atoms with E-state index in [2.05, 4.69) is 4.98 Å². The van der Waals surface area contributed by atoms with Crippen molar-refractivity contribution in [2.45, 2.75) is 19.9 Å². The van der Waals surface area contributed by atoms with Crippen molar-refractivity contribution in [1.82, 2.24) is 4.98 Å². The number of nitrogens with two attached hydrogens (primary N) is 1. The molecule has 1 aromatic rings. The lowest BCUT2D eigenvalue weighted by molar-refractivity contribution is 0.230. The maximum atomic E-state index is 5.31. The fraction of sp³-hybridized carbons (Fsp3) is 0.571. The molecule has 0 aliphatic heterocycles. The van der Waals surface area contributed by atoms with E-state index in [0.29, 0.717) is 19.2 Å². The summed E-state index contributed by atoms with van der Waals surface area (Å²) in [6, 6.07) is 0. The summed E-state index contributed by atoms with van der Waals surface area (Å²) in [6.07, 6.45) is 2.76. The van der Waals surface area contributed by atoms with E-state index in [1.165, 1.54) is 6.26 Å². The molecule has 2 N–H and O–H groups in total. The molecule has 0 spiro atoms. The van der Waals surface area contributed by atoms with Crippen molar-refractivity contribution < 1.29 is 9.15 Å². The van der Waals surface area contributed by atoms with Gasteiger partial charge in [0.1, 0.15) is 6.26 Å². The van der Waals surface area contributed by atoms with Crippen LogP contribution in [-0.4, -0.2) is 11.6 Å². The van der Waals surface area contributed by atoms with Crippen molar-refractivity contribution in [2.75, 3.05) is 6.61 Å². The molecule has 0 saturated heterocycles. The van der Waals surface area contributed by atoms with Crippen LogP contribution in [0.15, 0.2) is 10.7 Å². The fourth-order valence-corrected chi connectivity index (χ4v) is 0.638. The molecule has 62 valence electrons. The number of aromatic nitrogens is 1. The third kappa shape index (κ3) is 2.23. The van der Waals surface area contributed by atoms with Crippen LogP contribution in [-0.2, 0) is 6.54 Å². The van der Waals surface area contributed by atoms with Gasteiger partial charge in [0, 0.05) is 6.54 Å². The number of rotatable bonds is 4. The van der Waals surface area contributed by atoms with Gasteiger partial charge in [0.05, 0.1) is 12.3 Å². The average molecular weight is 156 g/mol. The van der Waals surface area contributed by atoms with Crippen LogP contribution in [0.5, 0.6) is 6.08 Å². The molecule has 0 bridgehead atoms. The molecule has 0 unspecified atom stereocenters. The van der Waals surface area contributed by atoms with Gasteiger partial charge in [0.25, 0.3) is 0 Å². The van der Waals surface area contributed by atoms with E-state index >= 15 is 0 Å². The summed E-state index contributed by atoms with van der Waals surface area (Å²) >= 11 is 0. The largest absolute Gasteiger partial charge is 0.450 e. The van der Waals surface area contributed by atoms with Crippen molar-refractivity contribution >= 4 is 0 Å². The van der Waals surface area contributed by atoms with Gasteiger partial charge in [-0.2, -0.15) is 4.98 Å². The minimum Gasteiger partial charge on any atom is -0.450 e. The van der Waals surface area contributed by atoms with Crippen LogP contribution in [0.1, 0.15) is 19.0 Å². The minimum atomic E-state index is 0.312. The first kappa shape index (κ1) is 8.07. The highest BCUT2D eigenvalue weighted by molar-refractivity contribution is 4.98. The van der Waals surface area contributed by atoms with Gasteiger partial charge in [-0.1, -0.05) is 6.92 Å². The SMILES string of the molecule is CCCOc1nc(CN)co1. The third-order valence-electron chi connectivity index (χ3n) is 1.17. The van der Waals surface area contributed by atoms with Gasteiger partial charge < -0.3 is 14.9 Å². The van der Waals surface area contributed by atoms with Crippen LogP contribution >= 0.6 is 0 Å². The molecule has 0 aliphatic rings. The van der Waals surface area contributed by atoms with E-state index in [9.17, 15) is 0 Å². The minimum absolute atomic E-state index is 0.312. The van der Waals surface area contributed by atoms with Crippen molar-refractivity contribution in [3.8, 4) is 6.08 Å². The highest BCUT2D eigenvalue weighted by Gasteiger charge is 2.01. The molecule has 0 aliphatic carbocycles. The molecule has 0 atom stereocenters. The van der Waals surface area contributed by atoms with Gasteiger partial charge in [-0.3, -0.25) is 0 Å². The summed E-state index contributed by atoms with van der Waals surface area (Å²) < 4.78 is 10.0. The summed E-state index contributed by atoms with van der Waals surface area (Å²) in [5, 5.41) is 0. The molecular formula is C7H12N2O2. The molecule has 4 heteroatoms. The summed E-state index contributed by atoms with van der Waals surface area (Å²) in [7, 11) is 0. The van der Waals surface area contributed by atoms with Gasteiger partial charge >= 0.3 is 6.08 Å². The Balaban J connectivity index is 2.44. The number of nitrogens with zero attached hydrogens (tertiary/aromatic N) is 1. The van der Waals surface area contributed by atoms with Crippen LogP contribution in [0.2, 0.25) is 0 Å². The van der Waals surface area contributed by atoms with Gasteiger partial charge in [-0.15, -0.1) is 0 Å². The van der Waals surface area contributed by atoms with Crippen LogP contribution in [0.4, 0.5) is 0 Å². The van der Waals surface area contributed by atoms with Gasteiger partial charge in [-0.05, 0) is 6.42 Å². The molecule has 0 amide bonds. The standard InChI is InChI=1S/C7H12N2O2/c1-2-3-10-7-9-6(4-8)5-11-7/h5H,2-4,8H2,1H3. The topological polar surface area (TPSA) is 61.3 Å². The predicted octanol–water partition coefficient (Wildman–Crippen LogP) is 0.922. The number of hydrogen-bond acceptors (Lipinski definition) is 4. The quantitative estimate of drug-likeness (QED) is 0.704. The molecule has 0 saturated carbocycles. The number of hydrogen-bond donors (Lipinski definition) is 1. The lowest BCUT2D eigenvalue weighted by Crippen LogP contribution is -1.98. The van der Waals surface area contributed by atoms with E-state index in [4.69, 9.17) is 14.9 Å². The van der Waals surface area contributed by atoms with E-state index in [0.717, 1.165) is 12.1 Å². The Hall–Kier alpha value is -1.03. The van der Waals surface area contributed by atoms with Crippen molar-refractivity contribution in [3.63, 3.8) is 0 Å². The highest BCUT2D eigenvalue weighted by atomic mass is 16.6. The van der Waals surface area contributed by atoms with E-state index < -0.39 is 0 Å². The van der Waals surface area contributed by atoms with E-state index in [1.54, 1.807) is 0 Å². The molecular weight excluding hydrogens is 144 g/mol. The molecule has 1 aromatic heterocycles. The van der Waals surface area contributed by atoms with Crippen molar-refractivity contribution in [1.29, 1.82) is 0 Å². The number of oxazole rings is 1. The molecule has 1 rings (SSSR count). The Morgan fingerprint density at radius 1 is 1.73 bits per heavy atom. The maximum Gasteiger partial charge on any atom is 0.393 e. The first-order valence-electron chi connectivity index (χ1n) is 3.64. The average Bonchev–Trinajstić information content (AvgIpc) is 2.48. The maximum absolute atomic E-state index is 5.31. The second-order valence-electron chi connectivity index (χ2n) is 2.16.